The van der Waals surface area contributed by atoms with Gasteiger partial charge in [-0.2, -0.15) is 0 Å². The van der Waals surface area contributed by atoms with E-state index >= 15 is 0 Å². The molecule has 0 radical (unpaired) electrons. The van der Waals surface area contributed by atoms with Crippen molar-refractivity contribution in [1.82, 2.24) is 0 Å². The molecule has 2 N–H and O–H groups in total. The van der Waals surface area contributed by atoms with Crippen molar-refractivity contribution in [2.45, 2.75) is 129 Å². The predicted octanol–water partition coefficient (Wildman–Crippen LogP) is 8.85. The normalized spacial score (nSPS) is 12.4. The third kappa shape index (κ3) is 12.3. The van der Waals surface area contributed by atoms with Gasteiger partial charge in [-0.15, -0.1) is 0 Å². The average molecular weight is 391 g/mol. The fourth-order valence-electron chi connectivity index (χ4n) is 4.09. The Kier molecular flexibility index (Phi) is 14.9. The summed E-state index contributed by atoms with van der Waals surface area (Å²) in [5, 5.41) is 19.5. The Morgan fingerprint density at radius 3 is 1.54 bits per heavy atom. The van der Waals surface area contributed by atoms with E-state index in [0.29, 0.717) is 11.7 Å². The molecular weight excluding hydrogens is 344 g/mol. The predicted molar refractivity (Wildman–Crippen MR) is 122 cm³/mol. The Morgan fingerprint density at radius 1 is 0.643 bits per heavy atom. The molecule has 0 aliphatic carbocycles. The molecule has 1 aromatic carbocycles. The van der Waals surface area contributed by atoms with E-state index in [9.17, 15) is 10.2 Å². The molecule has 0 saturated heterocycles. The number of aromatic hydroxyl groups is 2. The Balaban J connectivity index is 1.86. The summed E-state index contributed by atoms with van der Waals surface area (Å²) in [6.07, 6.45) is 23.3. The fourth-order valence-corrected chi connectivity index (χ4v) is 4.09. The quantitative estimate of drug-likeness (QED) is 0.194. The first-order chi connectivity index (χ1) is 13.6. The summed E-state index contributed by atoms with van der Waals surface area (Å²) in [5.74, 6) is 0.854. The topological polar surface area (TPSA) is 40.5 Å². The highest BCUT2D eigenvalue weighted by atomic mass is 16.3. The lowest BCUT2D eigenvalue weighted by Crippen LogP contribution is -1.94. The molecule has 1 unspecified atom stereocenters. The summed E-state index contributed by atoms with van der Waals surface area (Å²) in [6.45, 7) is 4.42. The van der Waals surface area contributed by atoms with Crippen LogP contribution < -0.4 is 0 Å². The standard InChI is InChI=1S/C26H46O2/c1-3-4-5-6-7-8-9-10-11-12-13-14-15-16-17-18-19-23(2)25-22-24(27)20-21-26(25)28/h20-23,27-28H,3-19H2,1-2H3. The van der Waals surface area contributed by atoms with Gasteiger partial charge < -0.3 is 10.2 Å². The number of phenolic OH excluding ortho intramolecular Hbond substituents is 2. The van der Waals surface area contributed by atoms with Crippen LogP contribution in [0.1, 0.15) is 134 Å². The lowest BCUT2D eigenvalue weighted by atomic mass is 9.93. The van der Waals surface area contributed by atoms with Crippen molar-refractivity contribution in [1.29, 1.82) is 0 Å². The zero-order chi connectivity index (χ0) is 20.5. The van der Waals surface area contributed by atoms with Gasteiger partial charge in [-0.1, -0.05) is 117 Å². The van der Waals surface area contributed by atoms with Crippen molar-refractivity contribution in [2.75, 3.05) is 0 Å². The van der Waals surface area contributed by atoms with Crippen molar-refractivity contribution in [3.05, 3.63) is 23.8 Å². The highest BCUT2D eigenvalue weighted by Crippen LogP contribution is 2.32. The van der Waals surface area contributed by atoms with Gasteiger partial charge in [0.1, 0.15) is 11.5 Å². The fraction of sp³-hybridized carbons (Fsp3) is 0.769. The SMILES string of the molecule is CCCCCCCCCCCCCCCCCCC(C)c1cc(O)ccc1O. The number of hydrogen-bond donors (Lipinski definition) is 2. The Hall–Kier alpha value is -1.18. The van der Waals surface area contributed by atoms with Crippen molar-refractivity contribution in [3.63, 3.8) is 0 Å². The van der Waals surface area contributed by atoms with Gasteiger partial charge in [0.25, 0.3) is 0 Å². The molecular formula is C26H46O2. The van der Waals surface area contributed by atoms with Gasteiger partial charge in [-0.05, 0) is 30.5 Å². The molecule has 0 spiro atoms. The van der Waals surface area contributed by atoms with Crippen LogP contribution in [0.25, 0.3) is 0 Å². The van der Waals surface area contributed by atoms with Crippen LogP contribution in [0.15, 0.2) is 18.2 Å². The summed E-state index contributed by atoms with van der Waals surface area (Å²) >= 11 is 0. The third-order valence-electron chi connectivity index (χ3n) is 6.03. The smallest absolute Gasteiger partial charge is 0.119 e. The number of rotatable bonds is 18. The molecule has 2 nitrogen and oxygen atoms in total. The maximum Gasteiger partial charge on any atom is 0.119 e. The molecule has 0 aliphatic rings. The Labute approximate surface area is 174 Å². The minimum absolute atomic E-state index is 0.242. The van der Waals surface area contributed by atoms with E-state index in [1.807, 2.05) is 0 Å². The maximum absolute atomic E-state index is 9.93. The van der Waals surface area contributed by atoms with Crippen molar-refractivity contribution < 1.29 is 10.2 Å². The van der Waals surface area contributed by atoms with Crippen LogP contribution in [-0.2, 0) is 0 Å². The largest absolute Gasteiger partial charge is 0.508 e. The number of unbranched alkanes of at least 4 members (excludes halogenated alkanes) is 15. The number of hydrogen-bond acceptors (Lipinski definition) is 2. The average Bonchev–Trinajstić information content (AvgIpc) is 2.69. The van der Waals surface area contributed by atoms with Gasteiger partial charge in [-0.3, -0.25) is 0 Å². The van der Waals surface area contributed by atoms with Crippen molar-refractivity contribution in [2.24, 2.45) is 0 Å². The van der Waals surface area contributed by atoms with Gasteiger partial charge in [0.05, 0.1) is 0 Å². The second kappa shape index (κ2) is 16.7. The second-order valence-electron chi connectivity index (χ2n) is 8.74. The molecule has 162 valence electrons. The van der Waals surface area contributed by atoms with Crippen LogP contribution in [0, 0.1) is 0 Å². The van der Waals surface area contributed by atoms with Crippen LogP contribution in [0.3, 0.4) is 0 Å². The monoisotopic (exact) mass is 390 g/mol. The van der Waals surface area contributed by atoms with Crippen LogP contribution in [0.5, 0.6) is 11.5 Å². The maximum atomic E-state index is 9.93. The first-order valence-electron chi connectivity index (χ1n) is 12.2. The van der Waals surface area contributed by atoms with Crippen LogP contribution >= 0.6 is 0 Å². The lowest BCUT2D eigenvalue weighted by molar-refractivity contribution is 0.445. The van der Waals surface area contributed by atoms with Gasteiger partial charge >= 0.3 is 0 Å². The Bertz CT molecular complexity index is 483. The highest BCUT2D eigenvalue weighted by molar-refractivity contribution is 5.40. The number of benzene rings is 1. The minimum Gasteiger partial charge on any atom is -0.508 e. The molecule has 1 rings (SSSR count). The summed E-state index contributed by atoms with van der Waals surface area (Å²) in [4.78, 5) is 0. The van der Waals surface area contributed by atoms with Gasteiger partial charge in [0.2, 0.25) is 0 Å². The minimum atomic E-state index is 0.242. The van der Waals surface area contributed by atoms with Crippen LogP contribution in [0.4, 0.5) is 0 Å². The molecule has 0 aliphatic heterocycles. The molecule has 0 bridgehead atoms. The highest BCUT2D eigenvalue weighted by Gasteiger charge is 2.11. The third-order valence-corrected chi connectivity index (χ3v) is 6.03. The lowest BCUT2D eigenvalue weighted by Gasteiger charge is -2.13. The summed E-state index contributed by atoms with van der Waals surface area (Å²) < 4.78 is 0. The van der Waals surface area contributed by atoms with E-state index < -0.39 is 0 Å². The van der Waals surface area contributed by atoms with E-state index in [0.717, 1.165) is 12.0 Å². The Morgan fingerprint density at radius 2 is 1.07 bits per heavy atom. The molecule has 2 heteroatoms. The zero-order valence-electron chi connectivity index (χ0n) is 18.7. The van der Waals surface area contributed by atoms with Crippen molar-refractivity contribution >= 4 is 0 Å². The molecule has 0 saturated carbocycles. The van der Waals surface area contributed by atoms with Crippen molar-refractivity contribution in [3.8, 4) is 11.5 Å². The molecule has 1 atom stereocenters. The van der Waals surface area contributed by atoms with E-state index in [4.69, 9.17) is 0 Å². The van der Waals surface area contributed by atoms with E-state index in [-0.39, 0.29) is 5.75 Å². The number of phenols is 2. The van der Waals surface area contributed by atoms with E-state index in [2.05, 4.69) is 13.8 Å². The molecule has 28 heavy (non-hydrogen) atoms. The van der Waals surface area contributed by atoms with E-state index in [1.54, 1.807) is 18.2 Å². The first kappa shape index (κ1) is 24.9. The molecule has 0 heterocycles. The zero-order valence-corrected chi connectivity index (χ0v) is 18.7. The second-order valence-corrected chi connectivity index (χ2v) is 8.74. The summed E-state index contributed by atoms with van der Waals surface area (Å²) in [7, 11) is 0. The molecule has 0 fully saturated rings. The molecule has 0 amide bonds. The van der Waals surface area contributed by atoms with Gasteiger partial charge in [-0.25, -0.2) is 0 Å². The summed E-state index contributed by atoms with van der Waals surface area (Å²) in [6, 6.07) is 4.83. The molecule has 0 aromatic heterocycles. The van der Waals surface area contributed by atoms with Crippen LogP contribution in [-0.4, -0.2) is 10.2 Å². The summed E-state index contributed by atoms with van der Waals surface area (Å²) in [5.41, 5.74) is 0.876. The van der Waals surface area contributed by atoms with Gasteiger partial charge in [0, 0.05) is 5.56 Å². The van der Waals surface area contributed by atoms with Gasteiger partial charge in [0.15, 0.2) is 0 Å². The first-order valence-corrected chi connectivity index (χ1v) is 12.2. The van der Waals surface area contributed by atoms with E-state index in [1.165, 1.54) is 103 Å². The van der Waals surface area contributed by atoms with Crippen LogP contribution in [0.2, 0.25) is 0 Å². The molecule has 1 aromatic rings.